The lowest BCUT2D eigenvalue weighted by molar-refractivity contribution is -0.343. The third-order valence-corrected chi connectivity index (χ3v) is 19.8. The van der Waals surface area contributed by atoms with E-state index in [1.807, 2.05) is 143 Å². The summed E-state index contributed by atoms with van der Waals surface area (Å²) in [5, 5.41) is 0. The highest BCUT2D eigenvalue weighted by atomic mass is 32.1. The first-order valence-electron chi connectivity index (χ1n) is 32.6. The van der Waals surface area contributed by atoms with Crippen LogP contribution in [-0.4, -0.2) is 151 Å². The molecule has 8 aromatic rings. The fourth-order valence-electron chi connectivity index (χ4n) is 11.9. The molecule has 12 rings (SSSR count). The van der Waals surface area contributed by atoms with Crippen molar-refractivity contribution in [2.24, 2.45) is 20.0 Å². The minimum Gasteiger partial charge on any atom is -0.436 e. The number of terminal acetylenes is 2. The van der Waals surface area contributed by atoms with E-state index in [1.165, 1.54) is 37.4 Å². The zero-order valence-electron chi connectivity index (χ0n) is 58.2. The molecule has 0 fully saturated rings. The summed E-state index contributed by atoms with van der Waals surface area (Å²) in [4.78, 5) is 130. The molecule has 4 unspecified atom stereocenters. The molecule has 0 saturated carbocycles. The Labute approximate surface area is 609 Å². The fourth-order valence-corrected chi connectivity index (χ4v) is 14.0. The molecule has 6 aromatic carbocycles. The maximum absolute atomic E-state index is 13.5. The van der Waals surface area contributed by atoms with E-state index in [4.69, 9.17) is 61.3 Å². The fraction of sp³-hybridized carbons (Fsp3) is 0.225. The molecule has 24 heteroatoms. The van der Waals surface area contributed by atoms with Gasteiger partial charge in [0.2, 0.25) is 12.1 Å². The topological polar surface area (TPSA) is 239 Å². The molecule has 104 heavy (non-hydrogen) atoms. The van der Waals surface area contributed by atoms with Gasteiger partial charge in [-0.2, -0.15) is 0 Å². The SMILES string of the molecule is C#Cc1ccc2c(c1)C(c1ccccc1C)=NC(COOCOCOC(=O)C1N=C(c3ccccc3C)c3cc(C#C)ccc3N(C)C1=O)C(=O)N2C.C=Cc1cc2c(s1)C(c1ccccc1C)=NC(COOCOCOC(=O)C1N=C(c3ccccc3C)c3sc(C=C)cc3N(C)C1=O)C(=O)N2C. The third-order valence-electron chi connectivity index (χ3n) is 17.5. The number of amides is 4. The summed E-state index contributed by atoms with van der Waals surface area (Å²) >= 11 is 2.94. The molecule has 4 amide bonds. The molecule has 0 aliphatic carbocycles. The van der Waals surface area contributed by atoms with Gasteiger partial charge in [-0.3, -0.25) is 39.1 Å². The van der Waals surface area contributed by atoms with Gasteiger partial charge >= 0.3 is 11.9 Å². The number of hydrogen-bond donors (Lipinski definition) is 0. The van der Waals surface area contributed by atoms with Crippen molar-refractivity contribution in [2.45, 2.75) is 51.9 Å². The van der Waals surface area contributed by atoms with Gasteiger partial charge in [0.15, 0.2) is 39.3 Å². The normalized spacial score (nSPS) is 16.9. The largest absolute Gasteiger partial charge is 0.436 e. The highest BCUT2D eigenvalue weighted by Gasteiger charge is 2.40. The first kappa shape index (κ1) is 73.8. The Morgan fingerprint density at radius 2 is 0.769 bits per heavy atom. The van der Waals surface area contributed by atoms with Crippen LogP contribution in [0.15, 0.2) is 179 Å². The maximum Gasteiger partial charge on any atom is 0.342 e. The summed E-state index contributed by atoms with van der Waals surface area (Å²) in [5.41, 5.74) is 14.5. The summed E-state index contributed by atoms with van der Waals surface area (Å²) in [6, 6.07) is 40.3. The van der Waals surface area contributed by atoms with Crippen LogP contribution in [0.5, 0.6) is 0 Å². The molecular weight excluding hydrogens is 1360 g/mol. The molecule has 0 N–H and O–H groups in total. The van der Waals surface area contributed by atoms with E-state index in [9.17, 15) is 28.8 Å². The number of aryl methyl sites for hydroxylation is 4. The summed E-state index contributed by atoms with van der Waals surface area (Å²) in [6.07, 6.45) is 14.8. The number of carbonyl (C=O) groups is 6. The molecule has 528 valence electrons. The highest BCUT2D eigenvalue weighted by Crippen LogP contribution is 2.39. The number of likely N-dealkylation sites (N-methyl/N-ethyl adjacent to an activating group) is 4. The highest BCUT2D eigenvalue weighted by molar-refractivity contribution is 7.16. The van der Waals surface area contributed by atoms with Crippen LogP contribution in [-0.2, 0) is 67.3 Å². The molecule has 4 atom stereocenters. The van der Waals surface area contributed by atoms with E-state index in [0.29, 0.717) is 62.2 Å². The van der Waals surface area contributed by atoms with Gasteiger partial charge in [0.25, 0.3) is 23.6 Å². The van der Waals surface area contributed by atoms with Crippen LogP contribution in [0.25, 0.3) is 12.2 Å². The van der Waals surface area contributed by atoms with Gasteiger partial charge in [-0.1, -0.05) is 134 Å². The Kier molecular flexibility index (Phi) is 23.5. The average molecular weight is 1430 g/mol. The van der Waals surface area contributed by atoms with Crippen molar-refractivity contribution in [3.05, 3.63) is 245 Å². The number of esters is 2. The lowest BCUT2D eigenvalue weighted by Crippen LogP contribution is -2.40. The Bertz CT molecular complexity index is 4940. The summed E-state index contributed by atoms with van der Waals surface area (Å²) in [5.74, 6) is 1.75. The number of carbonyl (C=O) groups excluding carboxylic acids is 6. The molecule has 4 aliphatic rings. The van der Waals surface area contributed by atoms with Crippen LogP contribution >= 0.6 is 22.7 Å². The first-order valence-corrected chi connectivity index (χ1v) is 34.3. The molecule has 0 saturated heterocycles. The van der Waals surface area contributed by atoms with Crippen molar-refractivity contribution >= 4 is 116 Å². The van der Waals surface area contributed by atoms with Crippen molar-refractivity contribution in [3.63, 3.8) is 0 Å². The molecule has 2 aromatic heterocycles. The van der Waals surface area contributed by atoms with Gasteiger partial charge in [-0.05, 0) is 98.5 Å². The predicted octanol–water partition coefficient (Wildman–Crippen LogP) is 11.0. The van der Waals surface area contributed by atoms with Gasteiger partial charge in [0.1, 0.15) is 13.2 Å². The number of ether oxygens (including phenoxy) is 4. The van der Waals surface area contributed by atoms with Crippen LogP contribution < -0.4 is 19.6 Å². The Hall–Kier alpha value is -11.4. The van der Waals surface area contributed by atoms with E-state index < -0.39 is 75.1 Å². The van der Waals surface area contributed by atoms with E-state index in [-0.39, 0.29) is 25.0 Å². The van der Waals surface area contributed by atoms with E-state index in [0.717, 1.165) is 69.7 Å². The zero-order valence-corrected chi connectivity index (χ0v) is 59.9. The summed E-state index contributed by atoms with van der Waals surface area (Å²) in [6.45, 7) is 13.1. The number of hydrogen-bond acceptors (Lipinski definition) is 20. The van der Waals surface area contributed by atoms with Crippen molar-refractivity contribution < 1.29 is 67.3 Å². The monoisotopic (exact) mass is 1430 g/mol. The Balaban J connectivity index is 0.000000208. The van der Waals surface area contributed by atoms with Crippen molar-refractivity contribution in [3.8, 4) is 24.7 Å². The lowest BCUT2D eigenvalue weighted by atomic mass is 9.95. The van der Waals surface area contributed by atoms with Crippen LogP contribution in [0, 0.1) is 52.4 Å². The quantitative estimate of drug-likeness (QED) is 0.0117. The van der Waals surface area contributed by atoms with Gasteiger partial charge in [-0.25, -0.2) is 29.1 Å². The molecule has 4 aliphatic heterocycles. The number of anilines is 4. The molecule has 0 radical (unpaired) electrons. The molecule has 22 nitrogen and oxygen atoms in total. The van der Waals surface area contributed by atoms with Gasteiger partial charge in [0, 0.05) is 82.5 Å². The molecule has 0 spiro atoms. The first-order chi connectivity index (χ1) is 50.2. The number of rotatable bonds is 22. The van der Waals surface area contributed by atoms with Gasteiger partial charge in [-0.15, -0.1) is 35.5 Å². The summed E-state index contributed by atoms with van der Waals surface area (Å²) < 4.78 is 21.2. The molecular formula is C80H72N8O14S2. The van der Waals surface area contributed by atoms with Crippen LogP contribution in [0.4, 0.5) is 22.7 Å². The second-order valence-electron chi connectivity index (χ2n) is 24.1. The van der Waals surface area contributed by atoms with Crippen molar-refractivity contribution in [2.75, 3.05) is 88.2 Å². The average Bonchev–Trinajstić information content (AvgIpc) is 1.65. The van der Waals surface area contributed by atoms with Gasteiger partial charge < -0.3 is 38.5 Å². The van der Waals surface area contributed by atoms with E-state index >= 15 is 0 Å². The number of benzodiazepines with no additional fused rings is 2. The molecule has 0 bridgehead atoms. The maximum atomic E-state index is 13.5. The van der Waals surface area contributed by atoms with Crippen LogP contribution in [0.3, 0.4) is 0 Å². The Morgan fingerprint density at radius 3 is 1.16 bits per heavy atom. The Morgan fingerprint density at radius 1 is 0.433 bits per heavy atom. The van der Waals surface area contributed by atoms with Crippen LogP contribution in [0.1, 0.15) is 86.3 Å². The van der Waals surface area contributed by atoms with E-state index in [1.54, 1.807) is 75.6 Å². The smallest absolute Gasteiger partial charge is 0.342 e. The molecule has 6 heterocycles. The predicted molar refractivity (Wildman–Crippen MR) is 402 cm³/mol. The van der Waals surface area contributed by atoms with Crippen molar-refractivity contribution in [1.82, 2.24) is 0 Å². The van der Waals surface area contributed by atoms with Crippen molar-refractivity contribution in [1.29, 1.82) is 0 Å². The number of fused-ring (bicyclic) bond motifs is 4. The second kappa shape index (κ2) is 33.1. The lowest BCUT2D eigenvalue weighted by Gasteiger charge is -2.20. The number of benzene rings is 6. The number of thiophene rings is 2. The third kappa shape index (κ3) is 15.8. The van der Waals surface area contributed by atoms with Crippen LogP contribution in [0.2, 0.25) is 0 Å². The standard InChI is InChI=1S/C42H36N4O7.C38H36N4O7S2/c1-7-28-17-19-35-32(21-28)37(30-15-11-9-13-26(30)3)43-34(40(47)45(35)5)23-52-53-25-50-24-51-42(49)39-41(48)46(6)36-20-18-29(8-2)22-33(36)38(44-39)31-16-12-10-14-27(31)4;1-7-24-17-29-34(50-24)31(26-15-11-9-13-22(26)3)39-28(36(43)41(29)5)19-48-49-21-46-20-47-38(45)33-37(44)42(6)30-18-25(8-2)51-35(30)32(40-33)27-16-12-10-14-23(27)4/h1-2,9-22,34,39H,23-25H2,3-6H3;7-18,28,33H,1-2,19-21H2,3-6H3. The van der Waals surface area contributed by atoms with E-state index in [2.05, 4.69) is 35.0 Å². The minimum atomic E-state index is -1.52. The summed E-state index contributed by atoms with van der Waals surface area (Å²) in [7, 11) is 6.52. The number of aliphatic imine (C=N–C) groups is 4. The minimum absolute atomic E-state index is 0.193. The zero-order chi connectivity index (χ0) is 73.9. The number of nitrogens with zero attached hydrogens (tertiary/aromatic N) is 8. The van der Waals surface area contributed by atoms with Gasteiger partial charge in [0.05, 0.1) is 55.4 Å². The second-order valence-corrected chi connectivity index (χ2v) is 26.3.